The van der Waals surface area contributed by atoms with Gasteiger partial charge in [0.1, 0.15) is 5.75 Å². The average molecular weight is 382 g/mol. The summed E-state index contributed by atoms with van der Waals surface area (Å²) < 4.78 is 5.33. The van der Waals surface area contributed by atoms with E-state index in [2.05, 4.69) is 0 Å². The molecular formula is C21H22N2O5. The van der Waals surface area contributed by atoms with E-state index in [-0.39, 0.29) is 18.0 Å². The van der Waals surface area contributed by atoms with Crippen molar-refractivity contribution >= 4 is 17.8 Å². The average Bonchev–Trinajstić information content (AvgIpc) is 2.73. The van der Waals surface area contributed by atoms with Gasteiger partial charge in [0, 0.05) is 25.2 Å². The molecule has 0 unspecified atom stereocenters. The number of hydrogen-bond donors (Lipinski definition) is 2. The summed E-state index contributed by atoms with van der Waals surface area (Å²) in [6.45, 7) is 0.873. The van der Waals surface area contributed by atoms with Crippen molar-refractivity contribution in [3.63, 3.8) is 0 Å². The minimum absolute atomic E-state index is 0.153. The summed E-state index contributed by atoms with van der Waals surface area (Å²) in [4.78, 5) is 38.1. The highest BCUT2D eigenvalue weighted by molar-refractivity contribution is 5.99. The van der Waals surface area contributed by atoms with Gasteiger partial charge in [0.25, 0.3) is 5.91 Å². The smallest absolute Gasteiger partial charge is 0.343 e. The standard InChI is InChI=1S/C21H22N2O5/c22-13-16-7-6-15(21(27)28-17-4-2-1-3-5-17)12-18(16)19(24)23-10-8-14(9-11-23)20(25)26/h1-7,12,14H,8-11,13,22H2,(H,25,26). The quantitative estimate of drug-likeness (QED) is 0.606. The highest BCUT2D eigenvalue weighted by atomic mass is 16.5. The van der Waals surface area contributed by atoms with Crippen LogP contribution in [0.4, 0.5) is 0 Å². The van der Waals surface area contributed by atoms with Crippen LogP contribution in [-0.2, 0) is 11.3 Å². The largest absolute Gasteiger partial charge is 0.481 e. The van der Waals surface area contributed by atoms with Crippen LogP contribution in [0.3, 0.4) is 0 Å². The fourth-order valence-corrected chi connectivity index (χ4v) is 3.23. The maximum atomic E-state index is 13.0. The van der Waals surface area contributed by atoms with Gasteiger partial charge in [0.2, 0.25) is 0 Å². The molecular weight excluding hydrogens is 360 g/mol. The number of aliphatic carboxylic acids is 1. The van der Waals surface area contributed by atoms with Crippen molar-refractivity contribution in [2.24, 2.45) is 11.7 Å². The molecule has 1 saturated heterocycles. The molecule has 28 heavy (non-hydrogen) atoms. The van der Waals surface area contributed by atoms with Gasteiger partial charge >= 0.3 is 11.9 Å². The number of para-hydroxylation sites is 1. The number of esters is 1. The fourth-order valence-electron chi connectivity index (χ4n) is 3.23. The Labute approximate surface area is 162 Å². The van der Waals surface area contributed by atoms with E-state index >= 15 is 0 Å². The highest BCUT2D eigenvalue weighted by Gasteiger charge is 2.28. The van der Waals surface area contributed by atoms with E-state index in [4.69, 9.17) is 15.6 Å². The Morgan fingerprint density at radius 2 is 1.75 bits per heavy atom. The van der Waals surface area contributed by atoms with Crippen LogP contribution in [0.15, 0.2) is 48.5 Å². The molecule has 7 heteroatoms. The Morgan fingerprint density at radius 1 is 1.07 bits per heavy atom. The number of carbonyl (C=O) groups excluding carboxylic acids is 2. The minimum atomic E-state index is -0.833. The number of rotatable bonds is 5. The number of carboxylic acid groups (broad SMARTS) is 1. The van der Waals surface area contributed by atoms with Gasteiger partial charge in [-0.15, -0.1) is 0 Å². The second-order valence-corrected chi connectivity index (χ2v) is 6.68. The summed E-state index contributed by atoms with van der Waals surface area (Å²) in [7, 11) is 0. The SMILES string of the molecule is NCc1ccc(C(=O)Oc2ccccc2)cc1C(=O)N1CCC(C(=O)O)CC1. The number of nitrogens with two attached hydrogens (primary N) is 1. The maximum Gasteiger partial charge on any atom is 0.343 e. The molecule has 1 heterocycles. The summed E-state index contributed by atoms with van der Waals surface area (Å²) in [5.74, 6) is -1.66. The van der Waals surface area contributed by atoms with Gasteiger partial charge in [-0.1, -0.05) is 24.3 Å². The number of benzene rings is 2. The molecule has 1 aliphatic rings. The molecule has 0 spiro atoms. The Bertz CT molecular complexity index is 874. The van der Waals surface area contributed by atoms with Crippen LogP contribution >= 0.6 is 0 Å². The van der Waals surface area contributed by atoms with Gasteiger partial charge in [-0.3, -0.25) is 9.59 Å². The van der Waals surface area contributed by atoms with Crippen molar-refractivity contribution < 1.29 is 24.2 Å². The van der Waals surface area contributed by atoms with E-state index in [0.717, 1.165) is 0 Å². The van der Waals surface area contributed by atoms with Crippen molar-refractivity contribution in [2.75, 3.05) is 13.1 Å². The zero-order valence-corrected chi connectivity index (χ0v) is 15.3. The van der Waals surface area contributed by atoms with Crippen molar-refractivity contribution in [2.45, 2.75) is 19.4 Å². The number of nitrogens with zero attached hydrogens (tertiary/aromatic N) is 1. The van der Waals surface area contributed by atoms with E-state index in [1.54, 1.807) is 41.3 Å². The molecule has 0 aromatic heterocycles. The summed E-state index contributed by atoms with van der Waals surface area (Å²) in [5.41, 5.74) is 6.99. The number of piperidine rings is 1. The molecule has 3 N–H and O–H groups in total. The lowest BCUT2D eigenvalue weighted by Crippen LogP contribution is -2.40. The van der Waals surface area contributed by atoms with Gasteiger partial charge in [-0.2, -0.15) is 0 Å². The van der Waals surface area contributed by atoms with Crippen LogP contribution in [0.25, 0.3) is 0 Å². The molecule has 146 valence electrons. The monoisotopic (exact) mass is 382 g/mol. The zero-order chi connectivity index (χ0) is 20.1. The molecule has 0 atom stereocenters. The Balaban J connectivity index is 1.78. The molecule has 0 bridgehead atoms. The first-order chi connectivity index (χ1) is 13.5. The Morgan fingerprint density at radius 3 is 2.36 bits per heavy atom. The van der Waals surface area contributed by atoms with Crippen LogP contribution in [0.1, 0.15) is 39.1 Å². The molecule has 7 nitrogen and oxygen atoms in total. The van der Waals surface area contributed by atoms with Crippen LogP contribution in [-0.4, -0.2) is 40.9 Å². The third-order valence-corrected chi connectivity index (χ3v) is 4.88. The summed E-state index contributed by atoms with van der Waals surface area (Å²) in [6.07, 6.45) is 0.823. The third kappa shape index (κ3) is 4.37. The maximum absolute atomic E-state index is 13.0. The van der Waals surface area contributed by atoms with Gasteiger partial charge in [-0.05, 0) is 42.7 Å². The van der Waals surface area contributed by atoms with Crippen LogP contribution in [0.2, 0.25) is 0 Å². The number of ether oxygens (including phenoxy) is 1. The highest BCUT2D eigenvalue weighted by Crippen LogP contribution is 2.22. The molecule has 1 fully saturated rings. The van der Waals surface area contributed by atoms with Crippen molar-refractivity contribution in [3.05, 3.63) is 65.2 Å². The van der Waals surface area contributed by atoms with Gasteiger partial charge in [0.15, 0.2) is 0 Å². The van der Waals surface area contributed by atoms with Crippen LogP contribution in [0, 0.1) is 5.92 Å². The summed E-state index contributed by atoms with van der Waals surface area (Å²) in [5, 5.41) is 9.11. The van der Waals surface area contributed by atoms with Crippen LogP contribution < -0.4 is 10.5 Å². The van der Waals surface area contributed by atoms with E-state index in [1.807, 2.05) is 6.07 Å². The second-order valence-electron chi connectivity index (χ2n) is 6.68. The normalized spacial score (nSPS) is 14.5. The van der Waals surface area contributed by atoms with Gasteiger partial charge < -0.3 is 20.5 Å². The van der Waals surface area contributed by atoms with E-state index in [0.29, 0.717) is 42.8 Å². The zero-order valence-electron chi connectivity index (χ0n) is 15.3. The first-order valence-corrected chi connectivity index (χ1v) is 9.12. The molecule has 3 rings (SSSR count). The predicted molar refractivity (Wildman–Crippen MR) is 102 cm³/mol. The van der Waals surface area contributed by atoms with Gasteiger partial charge in [0.05, 0.1) is 11.5 Å². The third-order valence-electron chi connectivity index (χ3n) is 4.88. The Hall–Kier alpha value is -3.19. The van der Waals surface area contributed by atoms with E-state index < -0.39 is 17.9 Å². The molecule has 2 aromatic carbocycles. The molecule has 0 saturated carbocycles. The lowest BCUT2D eigenvalue weighted by Gasteiger charge is -2.30. The molecule has 0 radical (unpaired) electrons. The number of likely N-dealkylation sites (tertiary alicyclic amines) is 1. The lowest BCUT2D eigenvalue weighted by atomic mass is 9.95. The van der Waals surface area contributed by atoms with Crippen LogP contribution in [0.5, 0.6) is 5.75 Å². The van der Waals surface area contributed by atoms with Crippen molar-refractivity contribution in [1.82, 2.24) is 4.90 Å². The lowest BCUT2D eigenvalue weighted by molar-refractivity contribution is -0.143. The number of carbonyl (C=O) groups is 3. The van der Waals surface area contributed by atoms with Crippen molar-refractivity contribution in [3.8, 4) is 5.75 Å². The topological polar surface area (TPSA) is 110 Å². The summed E-state index contributed by atoms with van der Waals surface area (Å²) >= 11 is 0. The number of carboxylic acids is 1. The first kappa shape index (κ1) is 19.6. The predicted octanol–water partition coefficient (Wildman–Crippen LogP) is 2.30. The molecule has 1 amide bonds. The van der Waals surface area contributed by atoms with Crippen molar-refractivity contribution in [1.29, 1.82) is 0 Å². The summed E-state index contributed by atoms with van der Waals surface area (Å²) in [6, 6.07) is 13.4. The minimum Gasteiger partial charge on any atom is -0.481 e. The molecule has 2 aromatic rings. The number of amides is 1. The first-order valence-electron chi connectivity index (χ1n) is 9.12. The molecule has 1 aliphatic heterocycles. The molecule has 0 aliphatic carbocycles. The second kappa shape index (κ2) is 8.67. The fraction of sp³-hybridized carbons (Fsp3) is 0.286. The van der Waals surface area contributed by atoms with E-state index in [1.165, 1.54) is 6.07 Å². The Kier molecular flexibility index (Phi) is 6.06. The number of hydrogen-bond acceptors (Lipinski definition) is 5. The van der Waals surface area contributed by atoms with E-state index in [9.17, 15) is 14.4 Å². The van der Waals surface area contributed by atoms with Gasteiger partial charge in [-0.25, -0.2) is 4.79 Å².